The van der Waals surface area contributed by atoms with E-state index in [1.807, 2.05) is 17.5 Å². The van der Waals surface area contributed by atoms with Crippen LogP contribution in [-0.2, 0) is 11.3 Å². The maximum atomic E-state index is 11.3. The number of carbonyl (C=O) groups is 1. The Morgan fingerprint density at radius 2 is 2.47 bits per heavy atom. The molecule has 0 saturated carbocycles. The zero-order valence-corrected chi connectivity index (χ0v) is 10.0. The molecule has 2 aromatic rings. The zero-order chi connectivity index (χ0) is 12.1. The number of rotatable bonds is 5. The quantitative estimate of drug-likeness (QED) is 0.766. The van der Waals surface area contributed by atoms with Crippen LogP contribution in [0.1, 0.15) is 22.3 Å². The summed E-state index contributed by atoms with van der Waals surface area (Å²) in [5.41, 5.74) is 0.119. The monoisotopic (exact) mass is 253 g/mol. The molecule has 0 unspecified atom stereocenters. The first-order chi connectivity index (χ1) is 8.29. The standard InChI is InChI=1S/C11H11NO4S/c1-2-14-10(13)9-7-16-11(12-9)15-6-8-4-3-5-17-8/h3-5,7H,2,6H2,1H3. The molecule has 6 heteroatoms. The Morgan fingerprint density at radius 3 is 3.18 bits per heavy atom. The van der Waals surface area contributed by atoms with Gasteiger partial charge in [-0.3, -0.25) is 0 Å². The molecule has 2 rings (SSSR count). The SMILES string of the molecule is CCOC(=O)c1coc(OCc2cccs2)n1. The van der Waals surface area contributed by atoms with E-state index in [0.717, 1.165) is 4.88 Å². The maximum absolute atomic E-state index is 11.3. The highest BCUT2D eigenvalue weighted by Gasteiger charge is 2.13. The van der Waals surface area contributed by atoms with Crippen molar-refractivity contribution < 1.29 is 18.7 Å². The summed E-state index contributed by atoms with van der Waals surface area (Å²) in [5.74, 6) is -0.512. The molecular formula is C11H11NO4S. The third-order valence-corrected chi connectivity index (χ3v) is 2.74. The third kappa shape index (κ3) is 3.07. The summed E-state index contributed by atoms with van der Waals surface area (Å²) in [4.78, 5) is 16.2. The highest BCUT2D eigenvalue weighted by atomic mass is 32.1. The van der Waals surface area contributed by atoms with Crippen LogP contribution < -0.4 is 4.74 Å². The average Bonchev–Trinajstić information content (AvgIpc) is 2.98. The molecule has 0 spiro atoms. The van der Waals surface area contributed by atoms with Crippen molar-refractivity contribution >= 4 is 17.3 Å². The number of ether oxygens (including phenoxy) is 2. The minimum absolute atomic E-state index is 0.0708. The fraction of sp³-hybridized carbons (Fsp3) is 0.273. The Bertz CT molecular complexity index is 477. The molecule has 0 amide bonds. The summed E-state index contributed by atoms with van der Waals surface area (Å²) in [5, 5.41) is 1.96. The number of thiophene rings is 1. The summed E-state index contributed by atoms with van der Waals surface area (Å²) >= 11 is 1.58. The first kappa shape index (κ1) is 11.7. The van der Waals surface area contributed by atoms with Crippen molar-refractivity contribution in [1.82, 2.24) is 4.98 Å². The van der Waals surface area contributed by atoms with Gasteiger partial charge in [-0.1, -0.05) is 6.07 Å². The first-order valence-corrected chi connectivity index (χ1v) is 5.95. The van der Waals surface area contributed by atoms with Gasteiger partial charge in [-0.15, -0.1) is 11.3 Å². The Hall–Kier alpha value is -1.82. The smallest absolute Gasteiger partial charge is 0.394 e. The van der Waals surface area contributed by atoms with Crippen molar-refractivity contribution in [2.75, 3.05) is 6.61 Å². The fourth-order valence-electron chi connectivity index (χ4n) is 1.15. The second-order valence-electron chi connectivity index (χ2n) is 3.09. The minimum Gasteiger partial charge on any atom is -0.461 e. The van der Waals surface area contributed by atoms with Crippen molar-refractivity contribution in [3.05, 3.63) is 34.3 Å². The van der Waals surface area contributed by atoms with E-state index in [4.69, 9.17) is 13.9 Å². The van der Waals surface area contributed by atoms with Gasteiger partial charge in [-0.05, 0) is 18.4 Å². The molecule has 2 aromatic heterocycles. The summed E-state index contributed by atoms with van der Waals surface area (Å²) in [6, 6.07) is 3.88. The fourth-order valence-corrected chi connectivity index (χ4v) is 1.77. The highest BCUT2D eigenvalue weighted by Crippen LogP contribution is 2.15. The molecule has 0 aliphatic heterocycles. The molecular weight excluding hydrogens is 242 g/mol. The van der Waals surface area contributed by atoms with Gasteiger partial charge in [0.25, 0.3) is 0 Å². The van der Waals surface area contributed by atoms with Gasteiger partial charge in [0.15, 0.2) is 5.69 Å². The second-order valence-corrected chi connectivity index (χ2v) is 4.12. The van der Waals surface area contributed by atoms with E-state index >= 15 is 0 Å². The van der Waals surface area contributed by atoms with Gasteiger partial charge < -0.3 is 13.9 Å². The molecule has 2 heterocycles. The van der Waals surface area contributed by atoms with Gasteiger partial charge in [-0.2, -0.15) is 4.98 Å². The van der Waals surface area contributed by atoms with Crippen LogP contribution >= 0.6 is 11.3 Å². The molecule has 5 nitrogen and oxygen atoms in total. The lowest BCUT2D eigenvalue weighted by Crippen LogP contribution is -2.04. The highest BCUT2D eigenvalue weighted by molar-refractivity contribution is 7.09. The molecule has 0 N–H and O–H groups in total. The van der Waals surface area contributed by atoms with Gasteiger partial charge in [-0.25, -0.2) is 4.79 Å². The average molecular weight is 253 g/mol. The van der Waals surface area contributed by atoms with Gasteiger partial charge >= 0.3 is 12.0 Å². The van der Waals surface area contributed by atoms with Crippen molar-refractivity contribution in [2.45, 2.75) is 13.5 Å². The number of hydrogen-bond donors (Lipinski definition) is 0. The van der Waals surface area contributed by atoms with E-state index in [9.17, 15) is 4.79 Å². The molecule has 0 aliphatic carbocycles. The predicted molar refractivity (Wildman–Crippen MR) is 61.1 cm³/mol. The van der Waals surface area contributed by atoms with Crippen LogP contribution in [0.15, 0.2) is 28.2 Å². The molecule has 0 atom stereocenters. The lowest BCUT2D eigenvalue weighted by atomic mass is 10.5. The van der Waals surface area contributed by atoms with Crippen molar-refractivity contribution in [1.29, 1.82) is 0 Å². The van der Waals surface area contributed by atoms with Gasteiger partial charge in [0, 0.05) is 4.88 Å². The molecule has 0 fully saturated rings. The van der Waals surface area contributed by atoms with Crippen LogP contribution in [0, 0.1) is 0 Å². The molecule has 0 saturated heterocycles. The predicted octanol–water partition coefficient (Wildman–Crippen LogP) is 2.49. The van der Waals surface area contributed by atoms with Gasteiger partial charge in [0.05, 0.1) is 6.61 Å². The Morgan fingerprint density at radius 1 is 1.59 bits per heavy atom. The van der Waals surface area contributed by atoms with Crippen LogP contribution in [0.2, 0.25) is 0 Å². The summed E-state index contributed by atoms with van der Waals surface area (Å²) < 4.78 is 15.1. The van der Waals surface area contributed by atoms with Crippen LogP contribution in [-0.4, -0.2) is 17.6 Å². The van der Waals surface area contributed by atoms with E-state index in [-0.39, 0.29) is 11.8 Å². The number of esters is 1. The largest absolute Gasteiger partial charge is 0.461 e. The maximum Gasteiger partial charge on any atom is 0.394 e. The van der Waals surface area contributed by atoms with Crippen molar-refractivity contribution in [2.24, 2.45) is 0 Å². The van der Waals surface area contributed by atoms with E-state index in [1.165, 1.54) is 6.26 Å². The number of nitrogens with zero attached hydrogens (tertiary/aromatic N) is 1. The molecule has 90 valence electrons. The van der Waals surface area contributed by atoms with Crippen LogP contribution in [0.3, 0.4) is 0 Å². The number of hydrogen-bond acceptors (Lipinski definition) is 6. The topological polar surface area (TPSA) is 61.6 Å². The summed E-state index contributed by atoms with van der Waals surface area (Å²) in [7, 11) is 0. The second kappa shape index (κ2) is 5.49. The summed E-state index contributed by atoms with van der Waals surface area (Å²) in [6.07, 6.45) is 1.29. The zero-order valence-electron chi connectivity index (χ0n) is 9.21. The van der Waals surface area contributed by atoms with E-state index in [1.54, 1.807) is 18.3 Å². The molecule has 0 radical (unpaired) electrons. The minimum atomic E-state index is -0.512. The number of oxazole rings is 1. The van der Waals surface area contributed by atoms with Crippen LogP contribution in [0.4, 0.5) is 0 Å². The van der Waals surface area contributed by atoms with E-state index < -0.39 is 5.97 Å². The Kier molecular flexibility index (Phi) is 3.77. The lowest BCUT2D eigenvalue weighted by Gasteiger charge is -1.97. The molecule has 17 heavy (non-hydrogen) atoms. The first-order valence-electron chi connectivity index (χ1n) is 5.07. The molecule has 0 bridgehead atoms. The molecule has 0 aromatic carbocycles. The van der Waals surface area contributed by atoms with Gasteiger partial charge in [0.2, 0.25) is 0 Å². The van der Waals surface area contributed by atoms with Gasteiger partial charge in [0.1, 0.15) is 12.9 Å². The van der Waals surface area contributed by atoms with Crippen molar-refractivity contribution in [3.63, 3.8) is 0 Å². The number of aromatic nitrogens is 1. The van der Waals surface area contributed by atoms with Crippen LogP contribution in [0.5, 0.6) is 6.08 Å². The van der Waals surface area contributed by atoms with Crippen LogP contribution in [0.25, 0.3) is 0 Å². The number of carbonyl (C=O) groups excluding carboxylic acids is 1. The van der Waals surface area contributed by atoms with Crippen molar-refractivity contribution in [3.8, 4) is 6.08 Å². The Balaban J connectivity index is 1.92. The van der Waals surface area contributed by atoms with E-state index in [0.29, 0.717) is 13.2 Å². The normalized spacial score (nSPS) is 10.2. The summed E-state index contributed by atoms with van der Waals surface area (Å²) in [6.45, 7) is 2.41. The molecule has 0 aliphatic rings. The lowest BCUT2D eigenvalue weighted by molar-refractivity contribution is 0.0519. The third-order valence-electron chi connectivity index (χ3n) is 1.89. The Labute approximate surface area is 102 Å². The van der Waals surface area contributed by atoms with E-state index in [2.05, 4.69) is 4.98 Å².